The molecule has 0 amide bonds. The van der Waals surface area contributed by atoms with Gasteiger partial charge in [0.05, 0.1) is 16.9 Å². The van der Waals surface area contributed by atoms with Gasteiger partial charge in [-0.15, -0.1) is 0 Å². The fourth-order valence-electron chi connectivity index (χ4n) is 2.39. The van der Waals surface area contributed by atoms with Gasteiger partial charge in [0.15, 0.2) is 5.03 Å². The second kappa shape index (κ2) is 5.18. The highest BCUT2D eigenvalue weighted by atomic mass is 32.2. The molecule has 6 nitrogen and oxygen atoms in total. The van der Waals surface area contributed by atoms with Gasteiger partial charge in [-0.1, -0.05) is 31.5 Å². The van der Waals surface area contributed by atoms with E-state index in [1.807, 2.05) is 0 Å². The Kier molecular flexibility index (Phi) is 3.93. The lowest BCUT2D eigenvalue weighted by Gasteiger charge is -2.36. The molecule has 1 heterocycles. The van der Waals surface area contributed by atoms with Crippen molar-refractivity contribution in [3.8, 4) is 0 Å². The summed E-state index contributed by atoms with van der Waals surface area (Å²) in [5.74, 6) is 0. The van der Waals surface area contributed by atoms with Crippen molar-refractivity contribution in [1.29, 1.82) is 0 Å². The first-order valence-electron chi connectivity index (χ1n) is 6.18. The van der Waals surface area contributed by atoms with Crippen LogP contribution < -0.4 is 10.5 Å². The third-order valence-corrected chi connectivity index (χ3v) is 5.28. The SMILES string of the molecule is Cn1cnc(S(=O)(=O)NC2(C(N)=S)CCCCC2)c1. The Labute approximate surface area is 118 Å². The molecule has 1 saturated carbocycles. The number of nitrogens with two attached hydrogens (primary N) is 1. The molecule has 2 rings (SSSR count). The van der Waals surface area contributed by atoms with Gasteiger partial charge in [0, 0.05) is 13.2 Å². The highest BCUT2D eigenvalue weighted by molar-refractivity contribution is 7.89. The molecule has 0 bridgehead atoms. The van der Waals surface area contributed by atoms with Crippen LogP contribution in [0.2, 0.25) is 0 Å². The van der Waals surface area contributed by atoms with E-state index in [-0.39, 0.29) is 10.0 Å². The summed E-state index contributed by atoms with van der Waals surface area (Å²) in [7, 11) is -1.97. The molecule has 0 atom stereocenters. The molecular weight excluding hydrogens is 284 g/mol. The van der Waals surface area contributed by atoms with Crippen LogP contribution in [0, 0.1) is 0 Å². The Morgan fingerprint density at radius 1 is 1.47 bits per heavy atom. The third kappa shape index (κ3) is 2.96. The fraction of sp³-hybridized carbons (Fsp3) is 0.636. The quantitative estimate of drug-likeness (QED) is 0.799. The van der Waals surface area contributed by atoms with Crippen LogP contribution in [0.1, 0.15) is 32.1 Å². The van der Waals surface area contributed by atoms with Gasteiger partial charge in [0.1, 0.15) is 0 Å². The van der Waals surface area contributed by atoms with Crippen molar-refractivity contribution in [2.24, 2.45) is 12.8 Å². The lowest BCUT2D eigenvalue weighted by molar-refractivity contribution is 0.353. The maximum absolute atomic E-state index is 12.3. The average molecular weight is 302 g/mol. The molecule has 0 spiro atoms. The van der Waals surface area contributed by atoms with E-state index in [0.717, 1.165) is 19.3 Å². The predicted octanol–water partition coefficient (Wildman–Crippen LogP) is 0.687. The monoisotopic (exact) mass is 302 g/mol. The minimum atomic E-state index is -3.69. The first kappa shape index (κ1) is 14.4. The van der Waals surface area contributed by atoms with E-state index in [4.69, 9.17) is 18.0 Å². The highest BCUT2D eigenvalue weighted by Gasteiger charge is 2.39. The van der Waals surface area contributed by atoms with E-state index < -0.39 is 15.6 Å². The van der Waals surface area contributed by atoms with Crippen molar-refractivity contribution in [3.63, 3.8) is 0 Å². The van der Waals surface area contributed by atoms with E-state index in [0.29, 0.717) is 12.8 Å². The van der Waals surface area contributed by atoms with Gasteiger partial charge < -0.3 is 10.3 Å². The largest absolute Gasteiger partial charge is 0.392 e. The zero-order chi connectivity index (χ0) is 14.1. The van der Waals surface area contributed by atoms with Gasteiger partial charge in [-0.25, -0.2) is 13.4 Å². The third-order valence-electron chi connectivity index (χ3n) is 3.47. The lowest BCUT2D eigenvalue weighted by Crippen LogP contribution is -2.57. The number of rotatable bonds is 4. The average Bonchev–Trinajstić information content (AvgIpc) is 2.77. The van der Waals surface area contributed by atoms with E-state index >= 15 is 0 Å². The van der Waals surface area contributed by atoms with E-state index in [1.165, 1.54) is 12.5 Å². The van der Waals surface area contributed by atoms with Gasteiger partial charge >= 0.3 is 0 Å². The number of hydrogen-bond acceptors (Lipinski definition) is 4. The molecule has 1 aliphatic rings. The van der Waals surface area contributed by atoms with Gasteiger partial charge in [-0.3, -0.25) is 0 Å². The molecule has 106 valence electrons. The van der Waals surface area contributed by atoms with Crippen molar-refractivity contribution in [1.82, 2.24) is 14.3 Å². The van der Waals surface area contributed by atoms with Crippen molar-refractivity contribution in [3.05, 3.63) is 12.5 Å². The fourth-order valence-corrected chi connectivity index (χ4v) is 4.13. The lowest BCUT2D eigenvalue weighted by atomic mass is 9.82. The Bertz CT molecular complexity index is 573. The maximum Gasteiger partial charge on any atom is 0.260 e. The highest BCUT2D eigenvalue weighted by Crippen LogP contribution is 2.30. The van der Waals surface area contributed by atoms with Gasteiger partial charge in [0.2, 0.25) is 0 Å². The first-order chi connectivity index (χ1) is 8.86. The molecule has 0 unspecified atom stereocenters. The smallest absolute Gasteiger partial charge is 0.260 e. The summed E-state index contributed by atoms with van der Waals surface area (Å²) in [6.07, 6.45) is 7.12. The normalized spacial score (nSPS) is 19.2. The molecule has 0 aliphatic heterocycles. The van der Waals surface area contributed by atoms with Crippen molar-refractivity contribution in [2.75, 3.05) is 0 Å². The Morgan fingerprint density at radius 2 is 2.11 bits per heavy atom. The number of nitrogens with zero attached hydrogens (tertiary/aromatic N) is 2. The molecule has 8 heteroatoms. The molecular formula is C11H18N4O2S2. The van der Waals surface area contributed by atoms with Crippen LogP contribution >= 0.6 is 12.2 Å². The zero-order valence-electron chi connectivity index (χ0n) is 10.8. The number of aromatic nitrogens is 2. The minimum absolute atomic E-state index is 0.00352. The summed E-state index contributed by atoms with van der Waals surface area (Å²) < 4.78 is 28.9. The molecule has 1 aromatic rings. The Balaban J connectivity index is 2.29. The first-order valence-corrected chi connectivity index (χ1v) is 8.07. The summed E-state index contributed by atoms with van der Waals surface area (Å²) in [4.78, 5) is 4.09. The zero-order valence-corrected chi connectivity index (χ0v) is 12.4. The second-order valence-electron chi connectivity index (χ2n) is 4.99. The van der Waals surface area contributed by atoms with Gasteiger partial charge in [0.25, 0.3) is 10.0 Å². The maximum atomic E-state index is 12.3. The number of thiocarbonyl (C=S) groups is 1. The summed E-state index contributed by atoms with van der Waals surface area (Å²) >= 11 is 5.08. The van der Waals surface area contributed by atoms with Crippen molar-refractivity contribution in [2.45, 2.75) is 42.7 Å². The summed E-state index contributed by atoms with van der Waals surface area (Å²) in [6, 6.07) is 0. The Morgan fingerprint density at radius 3 is 2.58 bits per heavy atom. The molecule has 0 aromatic carbocycles. The minimum Gasteiger partial charge on any atom is -0.392 e. The number of sulfonamides is 1. The van der Waals surface area contributed by atoms with Crippen LogP contribution in [-0.4, -0.2) is 28.5 Å². The standard InChI is InChI=1S/C11H18N4O2S2/c1-15-7-9(13-8-15)19(16,17)14-11(10(12)18)5-3-2-4-6-11/h7-8,14H,2-6H2,1H3,(H2,12,18). The number of imidazole rings is 1. The molecule has 19 heavy (non-hydrogen) atoms. The van der Waals surface area contributed by atoms with Crippen LogP contribution in [-0.2, 0) is 17.1 Å². The summed E-state index contributed by atoms with van der Waals surface area (Å²) in [6.45, 7) is 0. The van der Waals surface area contributed by atoms with Crippen LogP contribution in [0.3, 0.4) is 0 Å². The van der Waals surface area contributed by atoms with Crippen molar-refractivity contribution < 1.29 is 8.42 Å². The van der Waals surface area contributed by atoms with Crippen LogP contribution in [0.25, 0.3) is 0 Å². The van der Waals surface area contributed by atoms with Crippen molar-refractivity contribution >= 4 is 27.2 Å². The van der Waals surface area contributed by atoms with Crippen LogP contribution in [0.5, 0.6) is 0 Å². The number of hydrogen-bond donors (Lipinski definition) is 2. The van der Waals surface area contributed by atoms with E-state index in [9.17, 15) is 8.42 Å². The molecule has 1 fully saturated rings. The van der Waals surface area contributed by atoms with E-state index in [2.05, 4.69) is 9.71 Å². The second-order valence-corrected chi connectivity index (χ2v) is 7.06. The van der Waals surface area contributed by atoms with Gasteiger partial charge in [-0.05, 0) is 12.8 Å². The topological polar surface area (TPSA) is 90.0 Å². The number of aryl methyl sites for hydroxylation is 1. The summed E-state index contributed by atoms with van der Waals surface area (Å²) in [5, 5.41) is -0.00352. The Hall–Kier alpha value is -0.990. The van der Waals surface area contributed by atoms with Gasteiger partial charge in [-0.2, -0.15) is 4.72 Å². The molecule has 1 aliphatic carbocycles. The molecule has 1 aromatic heterocycles. The number of nitrogens with one attached hydrogen (secondary N) is 1. The predicted molar refractivity (Wildman–Crippen MR) is 76.1 cm³/mol. The molecule has 0 saturated heterocycles. The van der Waals surface area contributed by atoms with Crippen LogP contribution in [0.4, 0.5) is 0 Å². The summed E-state index contributed by atoms with van der Waals surface area (Å²) in [5.41, 5.74) is 4.97. The van der Waals surface area contributed by atoms with Crippen LogP contribution in [0.15, 0.2) is 17.6 Å². The molecule has 3 N–H and O–H groups in total. The van der Waals surface area contributed by atoms with E-state index in [1.54, 1.807) is 11.6 Å². The molecule has 0 radical (unpaired) electrons.